The third kappa shape index (κ3) is 4.12. The SMILES string of the molecule is O=C(c1cnccn1)N1CCN(Cc2nc(-c3ccc(Cl)cc3)no2)CC1. The summed E-state index contributed by atoms with van der Waals surface area (Å²) < 4.78 is 5.36. The van der Waals surface area contributed by atoms with Crippen LogP contribution in [0, 0.1) is 0 Å². The van der Waals surface area contributed by atoms with Crippen molar-refractivity contribution in [1.82, 2.24) is 29.9 Å². The van der Waals surface area contributed by atoms with Gasteiger partial charge in [-0.2, -0.15) is 4.98 Å². The average Bonchev–Trinajstić information content (AvgIpc) is 3.18. The minimum absolute atomic E-state index is 0.0921. The second-order valence-corrected chi connectivity index (χ2v) is 6.61. The first-order valence-electron chi connectivity index (χ1n) is 8.55. The van der Waals surface area contributed by atoms with Crippen molar-refractivity contribution in [2.75, 3.05) is 26.2 Å². The molecule has 0 aliphatic carbocycles. The molecular formula is C18H17ClN6O2. The fraction of sp³-hybridized carbons (Fsp3) is 0.278. The van der Waals surface area contributed by atoms with Crippen molar-refractivity contribution in [3.63, 3.8) is 0 Å². The summed E-state index contributed by atoms with van der Waals surface area (Å²) in [5.74, 6) is 0.998. The molecule has 4 rings (SSSR count). The summed E-state index contributed by atoms with van der Waals surface area (Å²) in [6, 6.07) is 7.29. The Morgan fingerprint density at radius 3 is 2.59 bits per heavy atom. The summed E-state index contributed by atoms with van der Waals surface area (Å²) in [6.07, 6.45) is 4.57. The van der Waals surface area contributed by atoms with E-state index in [9.17, 15) is 4.79 Å². The number of aromatic nitrogens is 4. The molecule has 0 N–H and O–H groups in total. The quantitative estimate of drug-likeness (QED) is 0.680. The molecule has 9 heteroatoms. The van der Waals surface area contributed by atoms with Gasteiger partial charge in [-0.15, -0.1) is 0 Å². The first-order valence-corrected chi connectivity index (χ1v) is 8.93. The third-order valence-electron chi connectivity index (χ3n) is 4.37. The number of rotatable bonds is 4. The molecular weight excluding hydrogens is 368 g/mol. The van der Waals surface area contributed by atoms with Crippen LogP contribution in [-0.2, 0) is 6.54 Å². The summed E-state index contributed by atoms with van der Waals surface area (Å²) in [7, 11) is 0. The van der Waals surface area contributed by atoms with Gasteiger partial charge < -0.3 is 9.42 Å². The van der Waals surface area contributed by atoms with Crippen molar-refractivity contribution in [3.8, 4) is 11.4 Å². The van der Waals surface area contributed by atoms with Crippen LogP contribution in [0.15, 0.2) is 47.4 Å². The first kappa shape index (κ1) is 17.6. The summed E-state index contributed by atoms with van der Waals surface area (Å²) in [6.45, 7) is 3.24. The first-order chi connectivity index (χ1) is 13.2. The second-order valence-electron chi connectivity index (χ2n) is 6.18. The molecule has 1 aliphatic rings. The van der Waals surface area contributed by atoms with E-state index < -0.39 is 0 Å². The summed E-state index contributed by atoms with van der Waals surface area (Å²) in [4.78, 5) is 28.8. The molecule has 0 unspecified atom stereocenters. The van der Waals surface area contributed by atoms with Crippen LogP contribution in [0.1, 0.15) is 16.4 Å². The van der Waals surface area contributed by atoms with E-state index in [2.05, 4.69) is 25.0 Å². The summed E-state index contributed by atoms with van der Waals surface area (Å²) in [5, 5.41) is 4.69. The Bertz CT molecular complexity index is 907. The van der Waals surface area contributed by atoms with Crippen LogP contribution in [0.5, 0.6) is 0 Å². The number of piperazine rings is 1. The number of halogens is 1. The predicted molar refractivity (Wildman–Crippen MR) is 98.0 cm³/mol. The Morgan fingerprint density at radius 2 is 1.89 bits per heavy atom. The molecule has 2 aromatic heterocycles. The average molecular weight is 385 g/mol. The van der Waals surface area contributed by atoms with Crippen LogP contribution in [0.4, 0.5) is 0 Å². The molecule has 8 nitrogen and oxygen atoms in total. The van der Waals surface area contributed by atoms with Gasteiger partial charge in [0, 0.05) is 49.2 Å². The van der Waals surface area contributed by atoms with E-state index >= 15 is 0 Å². The normalized spacial score (nSPS) is 15.1. The number of carbonyl (C=O) groups is 1. The monoisotopic (exact) mass is 384 g/mol. The Morgan fingerprint density at radius 1 is 1.11 bits per heavy atom. The number of hydrogen-bond donors (Lipinski definition) is 0. The maximum Gasteiger partial charge on any atom is 0.274 e. The van der Waals surface area contributed by atoms with Crippen molar-refractivity contribution in [2.24, 2.45) is 0 Å². The number of benzene rings is 1. The summed E-state index contributed by atoms with van der Waals surface area (Å²) in [5.41, 5.74) is 1.23. The van der Waals surface area contributed by atoms with Crippen molar-refractivity contribution in [1.29, 1.82) is 0 Å². The topological polar surface area (TPSA) is 88.3 Å². The minimum atomic E-state index is -0.0921. The van der Waals surface area contributed by atoms with Gasteiger partial charge in [-0.25, -0.2) is 4.98 Å². The van der Waals surface area contributed by atoms with E-state index in [0.717, 1.165) is 18.7 Å². The molecule has 0 spiro atoms. The molecule has 3 aromatic rings. The van der Waals surface area contributed by atoms with E-state index in [-0.39, 0.29) is 5.91 Å². The summed E-state index contributed by atoms with van der Waals surface area (Å²) >= 11 is 5.90. The second kappa shape index (κ2) is 7.81. The zero-order chi connectivity index (χ0) is 18.6. The van der Waals surface area contributed by atoms with Gasteiger partial charge in [0.1, 0.15) is 5.69 Å². The van der Waals surface area contributed by atoms with Crippen LogP contribution in [0.3, 0.4) is 0 Å². The zero-order valence-corrected chi connectivity index (χ0v) is 15.2. The number of carbonyl (C=O) groups excluding carboxylic acids is 1. The molecule has 0 radical (unpaired) electrons. The van der Waals surface area contributed by atoms with E-state index in [1.54, 1.807) is 23.2 Å². The number of nitrogens with zero attached hydrogens (tertiary/aromatic N) is 6. The van der Waals surface area contributed by atoms with Gasteiger partial charge in [-0.3, -0.25) is 14.7 Å². The maximum atomic E-state index is 12.4. The van der Waals surface area contributed by atoms with Crippen molar-refractivity contribution >= 4 is 17.5 Å². The number of hydrogen-bond acceptors (Lipinski definition) is 7. The molecule has 1 amide bonds. The molecule has 1 aliphatic heterocycles. The number of amides is 1. The smallest absolute Gasteiger partial charge is 0.274 e. The molecule has 1 saturated heterocycles. The molecule has 0 bridgehead atoms. The molecule has 1 fully saturated rings. The van der Waals surface area contributed by atoms with Crippen LogP contribution in [-0.4, -0.2) is 62.0 Å². The van der Waals surface area contributed by atoms with Crippen LogP contribution in [0.25, 0.3) is 11.4 Å². The Labute approximate surface area is 160 Å². The van der Waals surface area contributed by atoms with Crippen molar-refractivity contribution < 1.29 is 9.32 Å². The van der Waals surface area contributed by atoms with Gasteiger partial charge in [0.2, 0.25) is 11.7 Å². The highest BCUT2D eigenvalue weighted by Gasteiger charge is 2.24. The van der Waals surface area contributed by atoms with Gasteiger partial charge in [0.15, 0.2) is 0 Å². The molecule has 27 heavy (non-hydrogen) atoms. The Hall–Kier alpha value is -2.84. The van der Waals surface area contributed by atoms with Crippen LogP contribution in [0.2, 0.25) is 5.02 Å². The molecule has 1 aromatic carbocycles. The Balaban J connectivity index is 1.33. The Kier molecular flexibility index (Phi) is 5.08. The standard InChI is InChI=1S/C18H17ClN6O2/c19-14-3-1-13(2-4-14)17-22-16(27-23-17)12-24-7-9-25(10-8-24)18(26)15-11-20-5-6-21-15/h1-6,11H,7-10,12H2. The molecule has 3 heterocycles. The maximum absolute atomic E-state index is 12.4. The molecule has 0 saturated carbocycles. The van der Waals surface area contributed by atoms with Gasteiger partial charge in [0.05, 0.1) is 12.7 Å². The lowest BCUT2D eigenvalue weighted by Gasteiger charge is -2.33. The largest absolute Gasteiger partial charge is 0.338 e. The van der Waals surface area contributed by atoms with E-state index in [1.165, 1.54) is 12.4 Å². The lowest BCUT2D eigenvalue weighted by molar-refractivity contribution is 0.0609. The lowest BCUT2D eigenvalue weighted by atomic mass is 10.2. The minimum Gasteiger partial charge on any atom is -0.338 e. The van der Waals surface area contributed by atoms with Crippen molar-refractivity contribution in [3.05, 3.63) is 59.5 Å². The fourth-order valence-corrected chi connectivity index (χ4v) is 3.03. The van der Waals surface area contributed by atoms with Gasteiger partial charge in [-0.1, -0.05) is 16.8 Å². The third-order valence-corrected chi connectivity index (χ3v) is 4.62. The van der Waals surface area contributed by atoms with Gasteiger partial charge in [-0.05, 0) is 24.3 Å². The highest BCUT2D eigenvalue weighted by atomic mass is 35.5. The fourth-order valence-electron chi connectivity index (χ4n) is 2.91. The molecule has 0 atom stereocenters. The highest BCUT2D eigenvalue weighted by Crippen LogP contribution is 2.19. The van der Waals surface area contributed by atoms with E-state index in [0.29, 0.717) is 42.1 Å². The zero-order valence-electron chi connectivity index (χ0n) is 14.5. The van der Waals surface area contributed by atoms with Crippen LogP contribution < -0.4 is 0 Å². The van der Waals surface area contributed by atoms with E-state index in [1.807, 2.05) is 12.1 Å². The van der Waals surface area contributed by atoms with E-state index in [4.69, 9.17) is 16.1 Å². The lowest BCUT2D eigenvalue weighted by Crippen LogP contribution is -2.48. The van der Waals surface area contributed by atoms with Gasteiger partial charge in [0.25, 0.3) is 5.91 Å². The van der Waals surface area contributed by atoms with Gasteiger partial charge >= 0.3 is 0 Å². The molecule has 138 valence electrons. The van der Waals surface area contributed by atoms with Crippen molar-refractivity contribution in [2.45, 2.75) is 6.54 Å². The van der Waals surface area contributed by atoms with Crippen LogP contribution >= 0.6 is 11.6 Å². The predicted octanol–water partition coefficient (Wildman–Crippen LogP) is 2.14. The highest BCUT2D eigenvalue weighted by molar-refractivity contribution is 6.30.